The summed E-state index contributed by atoms with van der Waals surface area (Å²) in [5.41, 5.74) is 5.42. The Morgan fingerprint density at radius 3 is 1.12 bits per heavy atom. The third kappa shape index (κ3) is 31.7. The van der Waals surface area contributed by atoms with E-state index in [0.717, 1.165) is 6.54 Å². The molecule has 17 heavy (non-hydrogen) atoms. The fraction of sp³-hybridized carbons (Fsp3) is 1.00. The van der Waals surface area contributed by atoms with Crippen molar-refractivity contribution >= 4 is 49.6 Å². The van der Waals surface area contributed by atoms with Gasteiger partial charge < -0.3 is 5.73 Å². The van der Waals surface area contributed by atoms with Gasteiger partial charge in [-0.25, -0.2) is 0 Å². The molecule has 0 heterocycles. The molecule has 5 heteroatoms. The Hall–Kier alpha value is 1.12. The first-order valence-corrected chi connectivity index (χ1v) is 6.12. The van der Waals surface area contributed by atoms with Crippen LogP contribution in [0.1, 0.15) is 71.1 Å². The molecule has 2 N–H and O–H groups in total. The summed E-state index contributed by atoms with van der Waals surface area (Å²) in [6, 6.07) is 0. The Labute approximate surface area is 133 Å². The molecule has 0 aliphatic carbocycles. The SMILES string of the molecule is CCCCCCCCCCCCN.Cl.Cl.Cl.Cl. The Balaban J connectivity index is -0.000000120. The molecule has 0 atom stereocenters. The predicted octanol–water partition coefficient (Wildman–Crippen LogP) is 5.55. The molecule has 112 valence electrons. The third-order valence-electron chi connectivity index (χ3n) is 2.56. The maximum atomic E-state index is 5.42. The molecule has 0 bridgehead atoms. The number of hydrogen-bond acceptors (Lipinski definition) is 1. The number of rotatable bonds is 10. The van der Waals surface area contributed by atoms with Crippen molar-refractivity contribution in [3.05, 3.63) is 0 Å². The molecular formula is C12H31Cl4N. The van der Waals surface area contributed by atoms with E-state index in [-0.39, 0.29) is 49.6 Å². The number of halogens is 4. The van der Waals surface area contributed by atoms with E-state index >= 15 is 0 Å². The van der Waals surface area contributed by atoms with Crippen LogP contribution < -0.4 is 5.73 Å². The summed E-state index contributed by atoms with van der Waals surface area (Å²) >= 11 is 0. The highest BCUT2D eigenvalue weighted by Gasteiger charge is 1.90. The summed E-state index contributed by atoms with van der Waals surface area (Å²) in [5, 5.41) is 0. The van der Waals surface area contributed by atoms with E-state index in [0.29, 0.717) is 0 Å². The molecule has 0 saturated carbocycles. The van der Waals surface area contributed by atoms with Gasteiger partial charge in [-0.2, -0.15) is 0 Å². The highest BCUT2D eigenvalue weighted by atomic mass is 35.5. The van der Waals surface area contributed by atoms with Crippen LogP contribution in [-0.4, -0.2) is 6.54 Å². The van der Waals surface area contributed by atoms with Crippen molar-refractivity contribution in [2.24, 2.45) is 5.73 Å². The van der Waals surface area contributed by atoms with Gasteiger partial charge in [0.2, 0.25) is 0 Å². The van der Waals surface area contributed by atoms with Gasteiger partial charge in [-0.3, -0.25) is 0 Å². The first-order chi connectivity index (χ1) is 6.41. The standard InChI is InChI=1S/C12H27N.4ClH/c1-2-3-4-5-6-7-8-9-10-11-12-13;;;;/h2-13H2,1H3;4*1H. The lowest BCUT2D eigenvalue weighted by molar-refractivity contribution is 0.558. The summed E-state index contributed by atoms with van der Waals surface area (Å²) in [4.78, 5) is 0. The molecule has 0 amide bonds. The van der Waals surface area contributed by atoms with E-state index < -0.39 is 0 Å². The van der Waals surface area contributed by atoms with Gasteiger partial charge >= 0.3 is 0 Å². The van der Waals surface area contributed by atoms with E-state index in [2.05, 4.69) is 6.92 Å². The molecule has 0 radical (unpaired) electrons. The monoisotopic (exact) mass is 329 g/mol. The minimum absolute atomic E-state index is 0. The molecule has 1 nitrogen and oxygen atoms in total. The average molecular weight is 331 g/mol. The van der Waals surface area contributed by atoms with Crippen molar-refractivity contribution in [3.63, 3.8) is 0 Å². The van der Waals surface area contributed by atoms with Crippen molar-refractivity contribution in [2.45, 2.75) is 71.1 Å². The first-order valence-electron chi connectivity index (χ1n) is 6.12. The molecule has 0 aromatic rings. The smallest absolute Gasteiger partial charge is 0.00773 e. The topological polar surface area (TPSA) is 26.0 Å². The van der Waals surface area contributed by atoms with Gasteiger partial charge in [-0.15, -0.1) is 49.6 Å². The molecular weight excluding hydrogens is 300 g/mol. The lowest BCUT2D eigenvalue weighted by atomic mass is 10.1. The van der Waals surface area contributed by atoms with Crippen LogP contribution in [0.2, 0.25) is 0 Å². The molecule has 0 rings (SSSR count). The second-order valence-corrected chi connectivity index (χ2v) is 3.97. The molecule has 0 aliphatic rings. The van der Waals surface area contributed by atoms with Gasteiger partial charge in [-0.1, -0.05) is 64.7 Å². The summed E-state index contributed by atoms with van der Waals surface area (Å²) in [7, 11) is 0. The van der Waals surface area contributed by atoms with E-state index in [9.17, 15) is 0 Å². The van der Waals surface area contributed by atoms with Gasteiger partial charge in [0.25, 0.3) is 0 Å². The third-order valence-corrected chi connectivity index (χ3v) is 2.56. The Kier molecular flexibility index (Phi) is 55.0. The van der Waals surface area contributed by atoms with Crippen molar-refractivity contribution < 1.29 is 0 Å². The van der Waals surface area contributed by atoms with Crippen LogP contribution in [0.15, 0.2) is 0 Å². The average Bonchev–Trinajstić information content (AvgIpc) is 2.16. The van der Waals surface area contributed by atoms with Crippen LogP contribution in [0.5, 0.6) is 0 Å². The Morgan fingerprint density at radius 1 is 0.529 bits per heavy atom. The van der Waals surface area contributed by atoms with Gasteiger partial charge in [0.05, 0.1) is 0 Å². The first kappa shape index (κ1) is 30.9. The molecule has 0 aromatic carbocycles. The van der Waals surface area contributed by atoms with Crippen LogP contribution >= 0.6 is 49.6 Å². The van der Waals surface area contributed by atoms with Crippen LogP contribution in [-0.2, 0) is 0 Å². The Bertz CT molecular complexity index is 84.6. The molecule has 0 fully saturated rings. The molecule has 0 saturated heterocycles. The Morgan fingerprint density at radius 2 is 0.824 bits per heavy atom. The highest BCUT2D eigenvalue weighted by Crippen LogP contribution is 2.09. The van der Waals surface area contributed by atoms with Crippen LogP contribution in [0.4, 0.5) is 0 Å². The summed E-state index contributed by atoms with van der Waals surface area (Å²) in [5.74, 6) is 0. The van der Waals surface area contributed by atoms with Crippen LogP contribution in [0, 0.1) is 0 Å². The minimum atomic E-state index is 0. The van der Waals surface area contributed by atoms with Crippen LogP contribution in [0.3, 0.4) is 0 Å². The maximum absolute atomic E-state index is 5.42. The number of hydrogen-bond donors (Lipinski definition) is 1. The largest absolute Gasteiger partial charge is 0.330 e. The fourth-order valence-corrected chi connectivity index (χ4v) is 1.63. The zero-order chi connectivity index (χ0) is 9.78. The van der Waals surface area contributed by atoms with Crippen molar-refractivity contribution in [1.29, 1.82) is 0 Å². The van der Waals surface area contributed by atoms with Crippen molar-refractivity contribution in [2.75, 3.05) is 6.54 Å². The molecule has 0 spiro atoms. The van der Waals surface area contributed by atoms with Crippen LogP contribution in [0.25, 0.3) is 0 Å². The van der Waals surface area contributed by atoms with Gasteiger partial charge in [0.15, 0.2) is 0 Å². The molecule has 0 aliphatic heterocycles. The number of unbranched alkanes of at least 4 members (excludes halogenated alkanes) is 9. The summed E-state index contributed by atoms with van der Waals surface area (Å²) < 4.78 is 0. The summed E-state index contributed by atoms with van der Waals surface area (Å²) in [6.45, 7) is 3.14. The minimum Gasteiger partial charge on any atom is -0.330 e. The number of nitrogens with two attached hydrogens (primary N) is 1. The van der Waals surface area contributed by atoms with Gasteiger partial charge in [0, 0.05) is 0 Å². The molecule has 0 aromatic heterocycles. The maximum Gasteiger partial charge on any atom is -0.00773 e. The van der Waals surface area contributed by atoms with Gasteiger partial charge in [-0.05, 0) is 13.0 Å². The van der Waals surface area contributed by atoms with E-state index in [1.165, 1.54) is 64.2 Å². The zero-order valence-electron chi connectivity index (χ0n) is 11.0. The fourth-order valence-electron chi connectivity index (χ4n) is 1.63. The lowest BCUT2D eigenvalue weighted by Crippen LogP contribution is -1.97. The second kappa shape index (κ2) is 30.3. The van der Waals surface area contributed by atoms with Crippen molar-refractivity contribution in [1.82, 2.24) is 0 Å². The van der Waals surface area contributed by atoms with E-state index in [1.54, 1.807) is 0 Å². The molecule has 0 unspecified atom stereocenters. The quantitative estimate of drug-likeness (QED) is 0.522. The predicted molar refractivity (Wildman–Crippen MR) is 89.9 cm³/mol. The normalized spacial score (nSPS) is 8.12. The van der Waals surface area contributed by atoms with Crippen molar-refractivity contribution in [3.8, 4) is 0 Å². The summed E-state index contributed by atoms with van der Waals surface area (Å²) in [6.07, 6.45) is 13.9. The second-order valence-electron chi connectivity index (χ2n) is 3.97. The lowest BCUT2D eigenvalue weighted by Gasteiger charge is -2.00. The highest BCUT2D eigenvalue weighted by molar-refractivity contribution is 5.86. The van der Waals surface area contributed by atoms with E-state index in [4.69, 9.17) is 5.73 Å². The zero-order valence-corrected chi connectivity index (χ0v) is 14.3. The van der Waals surface area contributed by atoms with E-state index in [1.807, 2.05) is 0 Å². The van der Waals surface area contributed by atoms with Gasteiger partial charge in [0.1, 0.15) is 0 Å².